The fourth-order valence-corrected chi connectivity index (χ4v) is 2.95. The Bertz CT molecular complexity index is 1260. The molecule has 0 radical (unpaired) electrons. The van der Waals surface area contributed by atoms with Crippen LogP contribution in [0, 0.1) is 6.92 Å². The number of anilines is 1. The predicted octanol–water partition coefficient (Wildman–Crippen LogP) is 3.45. The maximum absolute atomic E-state index is 12.7. The van der Waals surface area contributed by atoms with E-state index in [1.54, 1.807) is 43.3 Å². The molecule has 0 saturated heterocycles. The van der Waals surface area contributed by atoms with E-state index >= 15 is 0 Å². The van der Waals surface area contributed by atoms with Crippen molar-refractivity contribution in [2.45, 2.75) is 13.8 Å². The Labute approximate surface area is 178 Å². The van der Waals surface area contributed by atoms with Crippen LogP contribution in [0.2, 0.25) is 0 Å². The number of nitrogens with one attached hydrogen (secondary N) is 1. The molecule has 0 spiro atoms. The second-order valence-corrected chi connectivity index (χ2v) is 6.57. The minimum absolute atomic E-state index is 0.0763. The summed E-state index contributed by atoms with van der Waals surface area (Å²) < 4.78 is 12.9. The fourth-order valence-electron chi connectivity index (χ4n) is 2.95. The van der Waals surface area contributed by atoms with Crippen LogP contribution in [-0.4, -0.2) is 37.7 Å². The fraction of sp³-hybridized carbons (Fsp3) is 0.136. The number of hydrogen-bond donors (Lipinski definition) is 1. The van der Waals surface area contributed by atoms with Crippen LogP contribution in [0.3, 0.4) is 0 Å². The number of methoxy groups -OCH3 is 1. The van der Waals surface area contributed by atoms with E-state index in [-0.39, 0.29) is 11.6 Å². The normalized spacial score (nSPS) is 11.4. The molecular weight excluding hydrogens is 396 g/mol. The number of amides is 1. The van der Waals surface area contributed by atoms with Crippen molar-refractivity contribution in [3.05, 3.63) is 72.5 Å². The summed E-state index contributed by atoms with van der Waals surface area (Å²) >= 11 is 0. The first-order valence-corrected chi connectivity index (χ1v) is 9.51. The van der Waals surface area contributed by atoms with Gasteiger partial charge in [-0.2, -0.15) is 5.10 Å². The van der Waals surface area contributed by atoms with E-state index < -0.39 is 5.91 Å². The molecule has 1 amide bonds. The lowest BCUT2D eigenvalue weighted by Crippen LogP contribution is -2.19. The number of carbonyl (C=O) groups excluding carboxylic acids is 1. The standard InChI is InChI=1S/C22H20N6O3/c1-4-17(21(29)27-19-10-9-14(2)11-23-19)31-22-15-12-26-28(20(15)24-13-25-22)16-7-5-6-8-18(16)30-3/h4-13H,1-3H3,(H,23,27,29)/b17-4+. The average molecular weight is 416 g/mol. The zero-order valence-electron chi connectivity index (χ0n) is 17.2. The van der Waals surface area contributed by atoms with Gasteiger partial charge in [0.15, 0.2) is 11.4 Å². The first-order chi connectivity index (χ1) is 15.1. The molecule has 0 aliphatic carbocycles. The molecule has 3 heterocycles. The van der Waals surface area contributed by atoms with E-state index in [1.807, 2.05) is 37.3 Å². The minimum atomic E-state index is -0.442. The molecule has 3 aromatic heterocycles. The van der Waals surface area contributed by atoms with Crippen LogP contribution in [-0.2, 0) is 4.79 Å². The molecule has 0 saturated carbocycles. The van der Waals surface area contributed by atoms with E-state index in [0.29, 0.717) is 22.6 Å². The summed E-state index contributed by atoms with van der Waals surface area (Å²) in [6.07, 6.45) is 6.18. The molecular formula is C22H20N6O3. The third kappa shape index (κ3) is 4.06. The van der Waals surface area contributed by atoms with Crippen molar-refractivity contribution in [3.8, 4) is 17.3 Å². The summed E-state index contributed by atoms with van der Waals surface area (Å²) in [6.45, 7) is 3.62. The zero-order chi connectivity index (χ0) is 21.8. The number of aromatic nitrogens is 5. The highest BCUT2D eigenvalue weighted by molar-refractivity contribution is 6.02. The lowest BCUT2D eigenvalue weighted by atomic mass is 10.3. The third-order valence-corrected chi connectivity index (χ3v) is 4.49. The highest BCUT2D eigenvalue weighted by Crippen LogP contribution is 2.28. The van der Waals surface area contributed by atoms with Gasteiger partial charge in [-0.25, -0.2) is 19.6 Å². The maximum Gasteiger partial charge on any atom is 0.292 e. The molecule has 9 nitrogen and oxygen atoms in total. The Hall–Kier alpha value is -4.27. The van der Waals surface area contributed by atoms with Crippen LogP contribution >= 0.6 is 0 Å². The number of allylic oxidation sites excluding steroid dienone is 1. The lowest BCUT2D eigenvalue weighted by molar-refractivity contribution is -0.114. The summed E-state index contributed by atoms with van der Waals surface area (Å²) in [5.74, 6) is 0.921. The first-order valence-electron chi connectivity index (χ1n) is 9.51. The molecule has 0 atom stereocenters. The van der Waals surface area contributed by atoms with Gasteiger partial charge < -0.3 is 14.8 Å². The van der Waals surface area contributed by atoms with Gasteiger partial charge in [-0.15, -0.1) is 0 Å². The summed E-state index contributed by atoms with van der Waals surface area (Å²) in [6, 6.07) is 11.0. The van der Waals surface area contributed by atoms with Crippen LogP contribution in [0.4, 0.5) is 5.82 Å². The number of ether oxygens (including phenoxy) is 2. The summed E-state index contributed by atoms with van der Waals surface area (Å²) in [7, 11) is 1.59. The van der Waals surface area contributed by atoms with Crippen molar-refractivity contribution in [3.63, 3.8) is 0 Å². The van der Waals surface area contributed by atoms with Crippen molar-refractivity contribution in [2.75, 3.05) is 12.4 Å². The van der Waals surface area contributed by atoms with Crippen molar-refractivity contribution in [1.29, 1.82) is 0 Å². The van der Waals surface area contributed by atoms with Crippen molar-refractivity contribution >= 4 is 22.8 Å². The number of carbonyl (C=O) groups is 1. The van der Waals surface area contributed by atoms with E-state index in [4.69, 9.17) is 9.47 Å². The van der Waals surface area contributed by atoms with Crippen LogP contribution in [0.5, 0.6) is 11.6 Å². The second-order valence-electron chi connectivity index (χ2n) is 6.57. The molecule has 0 unspecified atom stereocenters. The number of hydrogen-bond acceptors (Lipinski definition) is 7. The Morgan fingerprint density at radius 1 is 1.10 bits per heavy atom. The number of fused-ring (bicyclic) bond motifs is 1. The highest BCUT2D eigenvalue weighted by atomic mass is 16.5. The van der Waals surface area contributed by atoms with E-state index in [0.717, 1.165) is 11.3 Å². The average Bonchev–Trinajstić information content (AvgIpc) is 3.23. The SMILES string of the molecule is C/C=C(/Oc1ncnc2c1cnn2-c1ccccc1OC)C(=O)Nc1ccc(C)cn1. The summed E-state index contributed by atoms with van der Waals surface area (Å²) in [5, 5.41) is 7.67. The van der Waals surface area contributed by atoms with Crippen LogP contribution in [0.1, 0.15) is 12.5 Å². The van der Waals surface area contributed by atoms with Gasteiger partial charge in [0.05, 0.1) is 13.3 Å². The molecule has 0 aliphatic heterocycles. The number of benzene rings is 1. The molecule has 1 N–H and O–H groups in total. The molecule has 4 rings (SSSR count). The number of para-hydroxylation sites is 2. The maximum atomic E-state index is 12.7. The van der Waals surface area contributed by atoms with Gasteiger partial charge in [0.25, 0.3) is 5.91 Å². The lowest BCUT2D eigenvalue weighted by Gasteiger charge is -2.11. The number of aryl methyl sites for hydroxylation is 1. The van der Waals surface area contributed by atoms with Gasteiger partial charge >= 0.3 is 0 Å². The topological polar surface area (TPSA) is 104 Å². The number of pyridine rings is 1. The third-order valence-electron chi connectivity index (χ3n) is 4.49. The van der Waals surface area contributed by atoms with Gasteiger partial charge in [-0.3, -0.25) is 4.79 Å². The van der Waals surface area contributed by atoms with Gasteiger partial charge in [0.1, 0.15) is 29.0 Å². The van der Waals surface area contributed by atoms with Crippen molar-refractivity contribution < 1.29 is 14.3 Å². The molecule has 0 fully saturated rings. The first kappa shape index (κ1) is 20.0. The molecule has 1 aromatic carbocycles. The van der Waals surface area contributed by atoms with Crippen LogP contribution in [0.25, 0.3) is 16.7 Å². The zero-order valence-corrected chi connectivity index (χ0v) is 17.2. The summed E-state index contributed by atoms with van der Waals surface area (Å²) in [5.41, 5.74) is 2.24. The monoisotopic (exact) mass is 416 g/mol. The number of rotatable bonds is 6. The van der Waals surface area contributed by atoms with Gasteiger partial charge in [0, 0.05) is 6.20 Å². The summed E-state index contributed by atoms with van der Waals surface area (Å²) in [4.78, 5) is 25.4. The molecule has 0 bridgehead atoms. The quantitative estimate of drug-likeness (QED) is 0.379. The predicted molar refractivity (Wildman–Crippen MR) is 115 cm³/mol. The minimum Gasteiger partial charge on any atom is -0.494 e. The number of nitrogens with zero attached hydrogens (tertiary/aromatic N) is 5. The van der Waals surface area contributed by atoms with E-state index in [1.165, 1.54) is 6.33 Å². The molecule has 0 aliphatic rings. The van der Waals surface area contributed by atoms with E-state index in [9.17, 15) is 4.79 Å². The molecule has 156 valence electrons. The van der Waals surface area contributed by atoms with E-state index in [2.05, 4.69) is 25.4 Å². The van der Waals surface area contributed by atoms with Gasteiger partial charge in [-0.1, -0.05) is 18.2 Å². The Kier molecular flexibility index (Phi) is 5.57. The Balaban J connectivity index is 1.63. The van der Waals surface area contributed by atoms with Crippen LogP contribution < -0.4 is 14.8 Å². The molecule has 9 heteroatoms. The van der Waals surface area contributed by atoms with Crippen molar-refractivity contribution in [2.24, 2.45) is 0 Å². The molecule has 4 aromatic rings. The largest absolute Gasteiger partial charge is 0.494 e. The highest BCUT2D eigenvalue weighted by Gasteiger charge is 2.18. The molecule has 31 heavy (non-hydrogen) atoms. The van der Waals surface area contributed by atoms with Gasteiger partial charge in [-0.05, 0) is 43.7 Å². The van der Waals surface area contributed by atoms with Crippen LogP contribution in [0.15, 0.2) is 67.0 Å². The Morgan fingerprint density at radius 2 is 1.94 bits per heavy atom. The smallest absolute Gasteiger partial charge is 0.292 e. The Morgan fingerprint density at radius 3 is 2.68 bits per heavy atom. The van der Waals surface area contributed by atoms with Crippen molar-refractivity contribution in [1.82, 2.24) is 24.7 Å². The van der Waals surface area contributed by atoms with Gasteiger partial charge in [0.2, 0.25) is 5.88 Å². The second kappa shape index (κ2) is 8.62.